The highest BCUT2D eigenvalue weighted by Gasteiger charge is 2.29. The molecule has 0 radical (unpaired) electrons. The Kier molecular flexibility index (Phi) is 3.61. The molecule has 19 heavy (non-hydrogen) atoms. The molecule has 0 fully saturated rings. The van der Waals surface area contributed by atoms with E-state index >= 15 is 0 Å². The summed E-state index contributed by atoms with van der Waals surface area (Å²) in [5, 5.41) is 0. The van der Waals surface area contributed by atoms with E-state index in [1.54, 1.807) is 18.2 Å². The first kappa shape index (κ1) is 13.2. The number of hydrogen-bond donors (Lipinski definition) is 0. The number of rotatable bonds is 0. The van der Waals surface area contributed by atoms with Gasteiger partial charge in [0.15, 0.2) is 0 Å². The van der Waals surface area contributed by atoms with Gasteiger partial charge in [0.2, 0.25) is 11.6 Å². The van der Waals surface area contributed by atoms with Gasteiger partial charge in [0.05, 0.1) is 0 Å². The minimum Gasteiger partial charge on any atom is -0.285 e. The number of carbonyl (C=O) groups is 2. The molecule has 3 rings (SSSR count). The van der Waals surface area contributed by atoms with E-state index in [0.29, 0.717) is 11.1 Å². The highest BCUT2D eigenvalue weighted by atomic mass is 16.2. The second-order valence-electron chi connectivity index (χ2n) is 4.25. The number of ketones is 2. The van der Waals surface area contributed by atoms with Gasteiger partial charge in [-0.1, -0.05) is 55.8 Å². The summed E-state index contributed by atoms with van der Waals surface area (Å²) in [6, 6.07) is 12.9. The summed E-state index contributed by atoms with van der Waals surface area (Å²) in [6.07, 6.45) is 0. The molecule has 0 saturated carbocycles. The third-order valence-electron chi connectivity index (χ3n) is 3.09. The lowest BCUT2D eigenvalue weighted by Gasteiger charge is -2.17. The molecule has 0 spiro atoms. The van der Waals surface area contributed by atoms with Gasteiger partial charge in [-0.05, 0) is 24.1 Å². The zero-order chi connectivity index (χ0) is 14.0. The Hall–Kier alpha value is -2.22. The van der Waals surface area contributed by atoms with Crippen molar-refractivity contribution < 1.29 is 9.59 Å². The van der Waals surface area contributed by atoms with Crippen LogP contribution in [0.25, 0.3) is 11.1 Å². The normalized spacial score (nSPS) is 12.2. The fraction of sp³-hybridized carbons (Fsp3) is 0.176. The minimum atomic E-state index is -0.404. The summed E-state index contributed by atoms with van der Waals surface area (Å²) in [5.41, 5.74) is 3.73. The lowest BCUT2D eigenvalue weighted by atomic mass is 9.83. The standard InChI is InChI=1S/C15H10O2.C2H6/c1-9-6-7-11-10-4-2-3-5-12(10)14(16)15(17)13(11)8-9;1-2/h2-8H,1H3;1-2H3. The summed E-state index contributed by atoms with van der Waals surface area (Å²) in [5.74, 6) is -0.805. The molecule has 0 atom stereocenters. The molecule has 0 bridgehead atoms. The van der Waals surface area contributed by atoms with Gasteiger partial charge in [0.25, 0.3) is 0 Å². The highest BCUT2D eigenvalue weighted by molar-refractivity contribution is 6.53. The van der Waals surface area contributed by atoms with E-state index in [-0.39, 0.29) is 0 Å². The zero-order valence-corrected chi connectivity index (χ0v) is 11.4. The molecule has 1 aliphatic carbocycles. The molecule has 0 aromatic heterocycles. The van der Waals surface area contributed by atoms with Crippen LogP contribution in [0.4, 0.5) is 0 Å². The van der Waals surface area contributed by atoms with Crippen LogP contribution in [0, 0.1) is 6.92 Å². The monoisotopic (exact) mass is 252 g/mol. The van der Waals surface area contributed by atoms with Crippen LogP contribution in [0.5, 0.6) is 0 Å². The average molecular weight is 252 g/mol. The molecule has 0 N–H and O–H groups in total. The Morgan fingerprint density at radius 1 is 0.684 bits per heavy atom. The molecule has 0 aliphatic heterocycles. The first-order chi connectivity index (χ1) is 9.18. The van der Waals surface area contributed by atoms with Crippen molar-refractivity contribution in [2.24, 2.45) is 0 Å². The second-order valence-corrected chi connectivity index (χ2v) is 4.25. The molecule has 0 unspecified atom stereocenters. The molecule has 96 valence electrons. The molecule has 0 amide bonds. The number of fused-ring (bicyclic) bond motifs is 3. The lowest BCUT2D eigenvalue weighted by molar-refractivity contribution is 0.0815. The van der Waals surface area contributed by atoms with Crippen LogP contribution in [0.1, 0.15) is 40.1 Å². The molecule has 2 nitrogen and oxygen atoms in total. The molecule has 2 heteroatoms. The first-order valence-corrected chi connectivity index (χ1v) is 6.47. The van der Waals surface area contributed by atoms with E-state index < -0.39 is 11.6 Å². The van der Waals surface area contributed by atoms with Gasteiger partial charge < -0.3 is 0 Å². The van der Waals surface area contributed by atoms with Crippen LogP contribution in [-0.4, -0.2) is 11.6 Å². The van der Waals surface area contributed by atoms with Crippen LogP contribution < -0.4 is 0 Å². The van der Waals surface area contributed by atoms with Crippen LogP contribution in [-0.2, 0) is 0 Å². The van der Waals surface area contributed by atoms with Crippen LogP contribution in [0.3, 0.4) is 0 Å². The quantitative estimate of drug-likeness (QED) is 0.662. The maximum absolute atomic E-state index is 12.0. The zero-order valence-electron chi connectivity index (χ0n) is 11.4. The molecule has 1 aliphatic rings. The van der Waals surface area contributed by atoms with E-state index in [0.717, 1.165) is 16.7 Å². The Bertz CT molecular complexity index is 654. The maximum Gasteiger partial charge on any atom is 0.234 e. The third-order valence-corrected chi connectivity index (χ3v) is 3.09. The molecular weight excluding hydrogens is 236 g/mol. The van der Waals surface area contributed by atoms with E-state index in [4.69, 9.17) is 0 Å². The Balaban J connectivity index is 0.000000637. The predicted molar refractivity (Wildman–Crippen MR) is 76.6 cm³/mol. The summed E-state index contributed by atoms with van der Waals surface area (Å²) < 4.78 is 0. The summed E-state index contributed by atoms with van der Waals surface area (Å²) in [7, 11) is 0. The van der Waals surface area contributed by atoms with E-state index in [2.05, 4.69) is 0 Å². The number of hydrogen-bond acceptors (Lipinski definition) is 2. The van der Waals surface area contributed by atoms with Crippen molar-refractivity contribution in [3.05, 3.63) is 59.2 Å². The fourth-order valence-corrected chi connectivity index (χ4v) is 2.24. The number of carbonyl (C=O) groups excluding carboxylic acids is 2. The van der Waals surface area contributed by atoms with Gasteiger partial charge in [0.1, 0.15) is 0 Å². The molecule has 0 saturated heterocycles. The van der Waals surface area contributed by atoms with Gasteiger partial charge in [-0.2, -0.15) is 0 Å². The van der Waals surface area contributed by atoms with Crippen molar-refractivity contribution in [1.29, 1.82) is 0 Å². The Morgan fingerprint density at radius 2 is 1.21 bits per heavy atom. The van der Waals surface area contributed by atoms with Crippen molar-refractivity contribution in [1.82, 2.24) is 0 Å². The van der Waals surface area contributed by atoms with Gasteiger partial charge in [-0.3, -0.25) is 9.59 Å². The third kappa shape index (κ3) is 2.10. The predicted octanol–water partition coefficient (Wildman–Crippen LogP) is 4.07. The Labute approximate surface area is 113 Å². The number of Topliss-reactive ketones (excluding diaryl/α,β-unsaturated/α-hetero) is 2. The topological polar surface area (TPSA) is 34.1 Å². The SMILES string of the molecule is CC.Cc1ccc2c(c1)C(=O)C(=O)c1ccccc1-2. The second kappa shape index (κ2) is 5.19. The largest absolute Gasteiger partial charge is 0.285 e. The lowest BCUT2D eigenvalue weighted by Crippen LogP contribution is -2.21. The van der Waals surface area contributed by atoms with Gasteiger partial charge >= 0.3 is 0 Å². The maximum atomic E-state index is 12.0. The van der Waals surface area contributed by atoms with Crippen LogP contribution in [0.15, 0.2) is 42.5 Å². The van der Waals surface area contributed by atoms with Crippen molar-refractivity contribution in [2.45, 2.75) is 20.8 Å². The minimum absolute atomic E-state index is 0.401. The van der Waals surface area contributed by atoms with Crippen LogP contribution >= 0.6 is 0 Å². The Morgan fingerprint density at radius 3 is 1.89 bits per heavy atom. The number of benzene rings is 2. The van der Waals surface area contributed by atoms with Gasteiger partial charge in [-0.15, -0.1) is 0 Å². The first-order valence-electron chi connectivity index (χ1n) is 6.47. The van der Waals surface area contributed by atoms with Gasteiger partial charge in [-0.25, -0.2) is 0 Å². The fourth-order valence-electron chi connectivity index (χ4n) is 2.24. The van der Waals surface area contributed by atoms with E-state index in [1.165, 1.54) is 0 Å². The molecule has 2 aromatic carbocycles. The summed E-state index contributed by atoms with van der Waals surface area (Å²) >= 11 is 0. The van der Waals surface area contributed by atoms with Crippen LogP contribution in [0.2, 0.25) is 0 Å². The molecular formula is C17H16O2. The average Bonchev–Trinajstić information content (AvgIpc) is 2.47. The van der Waals surface area contributed by atoms with Crippen molar-refractivity contribution >= 4 is 11.6 Å². The van der Waals surface area contributed by atoms with E-state index in [1.807, 2.05) is 45.0 Å². The summed E-state index contributed by atoms with van der Waals surface area (Å²) in [4.78, 5) is 23.9. The van der Waals surface area contributed by atoms with Crippen molar-refractivity contribution in [2.75, 3.05) is 0 Å². The van der Waals surface area contributed by atoms with E-state index in [9.17, 15) is 9.59 Å². The number of aryl methyl sites for hydroxylation is 1. The highest BCUT2D eigenvalue weighted by Crippen LogP contribution is 2.33. The molecule has 0 heterocycles. The molecule has 2 aromatic rings. The van der Waals surface area contributed by atoms with Crippen molar-refractivity contribution in [3.8, 4) is 11.1 Å². The summed E-state index contributed by atoms with van der Waals surface area (Å²) in [6.45, 7) is 5.92. The van der Waals surface area contributed by atoms with Crippen molar-refractivity contribution in [3.63, 3.8) is 0 Å². The van der Waals surface area contributed by atoms with Gasteiger partial charge in [0, 0.05) is 11.1 Å². The smallest absolute Gasteiger partial charge is 0.234 e.